The Morgan fingerprint density at radius 1 is 1.40 bits per heavy atom. The van der Waals surface area contributed by atoms with Gasteiger partial charge in [0.15, 0.2) is 9.84 Å². The Hall–Kier alpha value is -0.550. The van der Waals surface area contributed by atoms with Gasteiger partial charge >= 0.3 is 0 Å². The summed E-state index contributed by atoms with van der Waals surface area (Å²) in [6.07, 6.45) is 0.617. The average molecular weight is 293 g/mol. The SMILES string of the molecule is CCCS(=O)(=O)c1ccc(OC)c(Br)c1. The standard InChI is InChI=1S/C10H13BrO3S/c1-3-6-15(12,13)8-4-5-10(14-2)9(11)7-8/h4-5,7H,3,6H2,1-2H3. The zero-order chi connectivity index (χ0) is 11.5. The molecule has 3 nitrogen and oxygen atoms in total. The highest BCUT2D eigenvalue weighted by atomic mass is 79.9. The van der Waals surface area contributed by atoms with Gasteiger partial charge in [0.1, 0.15) is 5.75 Å². The fourth-order valence-electron chi connectivity index (χ4n) is 1.23. The van der Waals surface area contributed by atoms with Gasteiger partial charge in [-0.05, 0) is 40.5 Å². The quantitative estimate of drug-likeness (QED) is 0.857. The minimum absolute atomic E-state index is 0.172. The molecule has 0 aromatic heterocycles. The molecule has 0 aliphatic heterocycles. The molecule has 0 aliphatic rings. The van der Waals surface area contributed by atoms with E-state index in [1.165, 1.54) is 0 Å². The van der Waals surface area contributed by atoms with Gasteiger partial charge in [0, 0.05) is 0 Å². The van der Waals surface area contributed by atoms with Crippen LogP contribution in [0.2, 0.25) is 0 Å². The molecule has 15 heavy (non-hydrogen) atoms. The number of sulfone groups is 1. The van der Waals surface area contributed by atoms with Crippen molar-refractivity contribution in [3.05, 3.63) is 22.7 Å². The number of rotatable bonds is 4. The molecule has 0 unspecified atom stereocenters. The van der Waals surface area contributed by atoms with Crippen LogP contribution in [0.5, 0.6) is 5.75 Å². The van der Waals surface area contributed by atoms with Crippen LogP contribution in [-0.2, 0) is 9.84 Å². The smallest absolute Gasteiger partial charge is 0.178 e. The lowest BCUT2D eigenvalue weighted by molar-refractivity contribution is 0.411. The van der Waals surface area contributed by atoms with E-state index in [2.05, 4.69) is 15.9 Å². The molecule has 5 heteroatoms. The normalized spacial score (nSPS) is 11.4. The first kappa shape index (κ1) is 12.5. The van der Waals surface area contributed by atoms with Gasteiger partial charge in [-0.3, -0.25) is 0 Å². The van der Waals surface area contributed by atoms with Crippen LogP contribution in [0.15, 0.2) is 27.6 Å². The maximum absolute atomic E-state index is 11.7. The van der Waals surface area contributed by atoms with Crippen LogP contribution in [0.3, 0.4) is 0 Å². The number of methoxy groups -OCH3 is 1. The van der Waals surface area contributed by atoms with E-state index in [1.807, 2.05) is 6.92 Å². The lowest BCUT2D eigenvalue weighted by Crippen LogP contribution is -2.05. The summed E-state index contributed by atoms with van der Waals surface area (Å²) in [5, 5.41) is 0. The van der Waals surface area contributed by atoms with E-state index in [4.69, 9.17) is 4.74 Å². The van der Waals surface area contributed by atoms with Crippen molar-refractivity contribution >= 4 is 25.8 Å². The number of benzene rings is 1. The molecule has 84 valence electrons. The Labute approximate surface area is 98.5 Å². The lowest BCUT2D eigenvalue weighted by atomic mass is 10.3. The van der Waals surface area contributed by atoms with E-state index in [1.54, 1.807) is 25.3 Å². The van der Waals surface area contributed by atoms with E-state index >= 15 is 0 Å². The molecule has 1 rings (SSSR count). The maximum Gasteiger partial charge on any atom is 0.178 e. The first-order chi connectivity index (χ1) is 7.01. The molecule has 0 saturated carbocycles. The number of hydrogen-bond donors (Lipinski definition) is 0. The third-order valence-corrected chi connectivity index (χ3v) is 4.49. The van der Waals surface area contributed by atoms with E-state index in [0.29, 0.717) is 21.5 Å². The minimum Gasteiger partial charge on any atom is -0.496 e. The van der Waals surface area contributed by atoms with Crippen LogP contribution in [-0.4, -0.2) is 21.3 Å². The summed E-state index contributed by atoms with van der Waals surface area (Å²) in [5.74, 6) is 0.802. The van der Waals surface area contributed by atoms with Gasteiger partial charge < -0.3 is 4.74 Å². The zero-order valence-electron chi connectivity index (χ0n) is 8.66. The van der Waals surface area contributed by atoms with Gasteiger partial charge in [-0.1, -0.05) is 6.92 Å². The molecule has 0 heterocycles. The summed E-state index contributed by atoms with van der Waals surface area (Å²) in [6, 6.07) is 4.78. The second-order valence-electron chi connectivity index (χ2n) is 3.12. The van der Waals surface area contributed by atoms with Crippen LogP contribution in [0, 0.1) is 0 Å². The van der Waals surface area contributed by atoms with Crippen LogP contribution >= 0.6 is 15.9 Å². The number of hydrogen-bond acceptors (Lipinski definition) is 3. The Morgan fingerprint density at radius 2 is 2.07 bits per heavy atom. The summed E-state index contributed by atoms with van der Waals surface area (Å²) in [7, 11) is -1.60. The molecule has 0 N–H and O–H groups in total. The first-order valence-electron chi connectivity index (χ1n) is 4.57. The van der Waals surface area contributed by atoms with Crippen molar-refractivity contribution in [3.63, 3.8) is 0 Å². The van der Waals surface area contributed by atoms with Crippen molar-refractivity contribution in [2.75, 3.05) is 12.9 Å². The average Bonchev–Trinajstić information content (AvgIpc) is 2.17. The molecule has 1 aromatic rings. The summed E-state index contributed by atoms with van der Waals surface area (Å²) in [6.45, 7) is 1.84. The highest BCUT2D eigenvalue weighted by Crippen LogP contribution is 2.27. The number of ether oxygens (including phenoxy) is 1. The van der Waals surface area contributed by atoms with E-state index in [9.17, 15) is 8.42 Å². The Balaban J connectivity index is 3.13. The van der Waals surface area contributed by atoms with Gasteiger partial charge in [0.05, 0.1) is 22.2 Å². The Kier molecular flexibility index (Phi) is 4.16. The lowest BCUT2D eigenvalue weighted by Gasteiger charge is -2.06. The summed E-state index contributed by atoms with van der Waals surface area (Å²) in [4.78, 5) is 0.331. The van der Waals surface area contributed by atoms with Gasteiger partial charge in [-0.2, -0.15) is 0 Å². The van der Waals surface area contributed by atoms with E-state index in [-0.39, 0.29) is 5.75 Å². The van der Waals surface area contributed by atoms with Gasteiger partial charge in [-0.25, -0.2) is 8.42 Å². The molecule has 0 radical (unpaired) electrons. The molecule has 0 atom stereocenters. The predicted octanol–water partition coefficient (Wildman–Crippen LogP) is 2.64. The summed E-state index contributed by atoms with van der Waals surface area (Å²) >= 11 is 3.26. The van der Waals surface area contributed by atoms with Crippen molar-refractivity contribution in [2.45, 2.75) is 18.2 Å². The zero-order valence-corrected chi connectivity index (χ0v) is 11.1. The molecular weight excluding hydrogens is 280 g/mol. The topological polar surface area (TPSA) is 43.4 Å². The number of halogens is 1. The fourth-order valence-corrected chi connectivity index (χ4v) is 3.27. The Morgan fingerprint density at radius 3 is 2.53 bits per heavy atom. The molecule has 0 fully saturated rings. The summed E-state index contributed by atoms with van der Waals surface area (Å²) in [5.41, 5.74) is 0. The maximum atomic E-state index is 11.7. The van der Waals surface area contributed by atoms with E-state index < -0.39 is 9.84 Å². The highest BCUT2D eigenvalue weighted by Gasteiger charge is 2.14. The van der Waals surface area contributed by atoms with Crippen LogP contribution in [0.4, 0.5) is 0 Å². The van der Waals surface area contributed by atoms with Crippen molar-refractivity contribution in [2.24, 2.45) is 0 Å². The molecule has 0 amide bonds. The highest BCUT2D eigenvalue weighted by molar-refractivity contribution is 9.10. The Bertz CT molecular complexity index is 440. The van der Waals surface area contributed by atoms with Gasteiger partial charge in [0.2, 0.25) is 0 Å². The fraction of sp³-hybridized carbons (Fsp3) is 0.400. The van der Waals surface area contributed by atoms with Crippen molar-refractivity contribution < 1.29 is 13.2 Å². The van der Waals surface area contributed by atoms with Gasteiger partial charge in [0.25, 0.3) is 0 Å². The summed E-state index contributed by atoms with van der Waals surface area (Å²) < 4.78 is 29.1. The second-order valence-corrected chi connectivity index (χ2v) is 6.08. The molecule has 0 saturated heterocycles. The molecular formula is C10H13BrO3S. The second kappa shape index (κ2) is 4.99. The predicted molar refractivity (Wildman–Crippen MR) is 63.0 cm³/mol. The van der Waals surface area contributed by atoms with Crippen molar-refractivity contribution in [1.82, 2.24) is 0 Å². The molecule has 0 aliphatic carbocycles. The molecule has 1 aromatic carbocycles. The molecule has 0 spiro atoms. The van der Waals surface area contributed by atoms with Crippen LogP contribution < -0.4 is 4.74 Å². The van der Waals surface area contributed by atoms with Crippen molar-refractivity contribution in [1.29, 1.82) is 0 Å². The third-order valence-electron chi connectivity index (χ3n) is 1.96. The minimum atomic E-state index is -3.14. The molecule has 0 bridgehead atoms. The van der Waals surface area contributed by atoms with Gasteiger partial charge in [-0.15, -0.1) is 0 Å². The van der Waals surface area contributed by atoms with E-state index in [0.717, 1.165) is 0 Å². The monoisotopic (exact) mass is 292 g/mol. The largest absolute Gasteiger partial charge is 0.496 e. The van der Waals surface area contributed by atoms with Crippen LogP contribution in [0.25, 0.3) is 0 Å². The first-order valence-corrected chi connectivity index (χ1v) is 7.02. The van der Waals surface area contributed by atoms with Crippen LogP contribution in [0.1, 0.15) is 13.3 Å². The van der Waals surface area contributed by atoms with Crippen molar-refractivity contribution in [3.8, 4) is 5.75 Å². The third kappa shape index (κ3) is 2.95.